The van der Waals surface area contributed by atoms with Crippen molar-refractivity contribution < 1.29 is 35.1 Å². The van der Waals surface area contributed by atoms with Crippen molar-refractivity contribution in [3.8, 4) is 0 Å². The minimum absolute atomic E-state index is 0.209. The fraction of sp³-hybridized carbons (Fsp3) is 0.750. The number of aldehydes is 1. The topological polar surface area (TPSA) is 147 Å². The first-order valence-corrected chi connectivity index (χ1v) is 4.49. The van der Waals surface area contributed by atoms with Crippen LogP contribution in [-0.4, -0.2) is 75.3 Å². The van der Waals surface area contributed by atoms with Crippen LogP contribution in [0.1, 0.15) is 0 Å². The van der Waals surface area contributed by atoms with Gasteiger partial charge in [0.15, 0.2) is 0 Å². The average molecular weight is 237 g/mol. The summed E-state index contributed by atoms with van der Waals surface area (Å²) >= 11 is 0. The molecule has 0 unspecified atom stereocenters. The molecule has 0 aliphatic rings. The van der Waals surface area contributed by atoms with Crippen LogP contribution in [0.3, 0.4) is 0 Å². The molecule has 0 aromatic rings. The van der Waals surface area contributed by atoms with E-state index in [4.69, 9.17) is 15.3 Å². The molecule has 0 heterocycles. The third kappa shape index (κ3) is 4.64. The number of carbonyl (C=O) groups excluding carboxylic acids is 1. The minimum Gasteiger partial charge on any atom is -0.480 e. The summed E-state index contributed by atoms with van der Waals surface area (Å²) in [6.07, 6.45) is -4.86. The smallest absolute Gasteiger partial charge is 0.317 e. The fourth-order valence-corrected chi connectivity index (χ4v) is 1.00. The third-order valence-electron chi connectivity index (χ3n) is 1.93. The van der Waals surface area contributed by atoms with Crippen molar-refractivity contribution in [1.29, 1.82) is 0 Å². The number of aliphatic hydroxyl groups is 4. The summed E-state index contributed by atoms with van der Waals surface area (Å²) in [4.78, 5) is 20.7. The largest absolute Gasteiger partial charge is 0.480 e. The second-order valence-corrected chi connectivity index (χ2v) is 3.17. The van der Waals surface area contributed by atoms with Gasteiger partial charge in [0.25, 0.3) is 0 Å². The van der Waals surface area contributed by atoms with Crippen LogP contribution in [0.4, 0.5) is 0 Å². The van der Waals surface area contributed by atoms with Gasteiger partial charge in [-0.15, -0.1) is 0 Å². The SMILES string of the molecule is O=C[C@H](NCC(=O)O)[C@@H](O)[C@@H](O)[C@H](O)CO. The molecule has 6 N–H and O–H groups in total. The van der Waals surface area contributed by atoms with Gasteiger partial charge in [-0.2, -0.15) is 0 Å². The van der Waals surface area contributed by atoms with Crippen LogP contribution in [0.5, 0.6) is 0 Å². The molecule has 0 saturated carbocycles. The lowest BCUT2D eigenvalue weighted by Gasteiger charge is -2.25. The van der Waals surface area contributed by atoms with E-state index in [0.29, 0.717) is 0 Å². The maximum Gasteiger partial charge on any atom is 0.317 e. The zero-order chi connectivity index (χ0) is 12.7. The Bertz CT molecular complexity index is 234. The van der Waals surface area contributed by atoms with Gasteiger partial charge in [0.1, 0.15) is 24.6 Å². The summed E-state index contributed by atoms with van der Waals surface area (Å²) in [6.45, 7) is -1.37. The molecule has 0 aliphatic carbocycles. The Balaban J connectivity index is 4.33. The van der Waals surface area contributed by atoms with Crippen LogP contribution in [0.2, 0.25) is 0 Å². The summed E-state index contributed by atoms with van der Waals surface area (Å²) < 4.78 is 0. The Hall–Kier alpha value is -1.06. The van der Waals surface area contributed by atoms with Crippen LogP contribution in [0.25, 0.3) is 0 Å². The van der Waals surface area contributed by atoms with Gasteiger partial charge in [0.2, 0.25) is 0 Å². The molecular formula is C8H15NO7. The number of aliphatic carboxylic acids is 1. The van der Waals surface area contributed by atoms with E-state index < -0.39 is 43.5 Å². The van der Waals surface area contributed by atoms with Crippen molar-refractivity contribution in [3.63, 3.8) is 0 Å². The zero-order valence-corrected chi connectivity index (χ0v) is 8.35. The van der Waals surface area contributed by atoms with Gasteiger partial charge < -0.3 is 30.3 Å². The zero-order valence-electron chi connectivity index (χ0n) is 8.35. The Morgan fingerprint density at radius 1 is 1.25 bits per heavy atom. The lowest BCUT2D eigenvalue weighted by Crippen LogP contribution is -2.52. The molecule has 16 heavy (non-hydrogen) atoms. The summed E-state index contributed by atoms with van der Waals surface area (Å²) in [6, 6.07) is -1.34. The van der Waals surface area contributed by atoms with E-state index in [2.05, 4.69) is 5.32 Å². The monoisotopic (exact) mass is 237 g/mol. The molecule has 0 saturated heterocycles. The second kappa shape index (κ2) is 7.25. The first-order chi connectivity index (χ1) is 7.43. The Labute approximate surface area is 91.1 Å². The van der Waals surface area contributed by atoms with Crippen molar-refractivity contribution in [2.24, 2.45) is 0 Å². The van der Waals surface area contributed by atoms with Crippen LogP contribution in [0, 0.1) is 0 Å². The van der Waals surface area contributed by atoms with Crippen molar-refractivity contribution in [2.75, 3.05) is 13.2 Å². The molecule has 0 aromatic carbocycles. The molecule has 0 aliphatic heterocycles. The number of carboxylic acids is 1. The van der Waals surface area contributed by atoms with Crippen LogP contribution >= 0.6 is 0 Å². The number of rotatable bonds is 8. The highest BCUT2D eigenvalue weighted by Gasteiger charge is 2.30. The average Bonchev–Trinajstić information content (AvgIpc) is 2.27. The molecule has 0 rings (SSSR count). The van der Waals surface area contributed by atoms with E-state index in [-0.39, 0.29) is 6.29 Å². The predicted molar refractivity (Wildman–Crippen MR) is 50.6 cm³/mol. The van der Waals surface area contributed by atoms with E-state index in [0.717, 1.165) is 0 Å². The molecular weight excluding hydrogens is 222 g/mol. The standard InChI is InChI=1S/C8H15NO7/c10-2-4(9-1-6(13)14)7(15)8(16)5(12)3-11/h2,4-5,7-9,11-12,15-16H,1,3H2,(H,13,14)/t4-,5+,7+,8-/m0/s1. The van der Waals surface area contributed by atoms with Crippen molar-refractivity contribution in [1.82, 2.24) is 5.32 Å². The number of hydrogen-bond donors (Lipinski definition) is 6. The maximum atomic E-state index is 10.5. The van der Waals surface area contributed by atoms with E-state index in [9.17, 15) is 19.8 Å². The number of nitrogens with one attached hydrogen (secondary N) is 1. The number of hydrogen-bond acceptors (Lipinski definition) is 7. The summed E-state index contributed by atoms with van der Waals surface area (Å²) in [7, 11) is 0. The summed E-state index contributed by atoms with van der Waals surface area (Å²) in [5.74, 6) is -1.24. The van der Waals surface area contributed by atoms with Gasteiger partial charge in [0, 0.05) is 0 Å². The van der Waals surface area contributed by atoms with Gasteiger partial charge in [0.05, 0.1) is 19.2 Å². The molecule has 0 radical (unpaired) electrons. The first-order valence-electron chi connectivity index (χ1n) is 4.49. The predicted octanol–water partition coefficient (Wildman–Crippen LogP) is -3.70. The molecule has 0 fully saturated rings. The molecule has 8 nitrogen and oxygen atoms in total. The maximum absolute atomic E-state index is 10.5. The van der Waals surface area contributed by atoms with Crippen LogP contribution in [0.15, 0.2) is 0 Å². The van der Waals surface area contributed by atoms with Crippen molar-refractivity contribution in [3.05, 3.63) is 0 Å². The lowest BCUT2D eigenvalue weighted by molar-refractivity contribution is -0.136. The van der Waals surface area contributed by atoms with Crippen molar-refractivity contribution >= 4 is 12.3 Å². The van der Waals surface area contributed by atoms with Gasteiger partial charge in [-0.3, -0.25) is 10.1 Å². The third-order valence-corrected chi connectivity index (χ3v) is 1.93. The van der Waals surface area contributed by atoms with E-state index in [1.165, 1.54) is 0 Å². The molecule has 0 bridgehead atoms. The Morgan fingerprint density at radius 3 is 2.19 bits per heavy atom. The van der Waals surface area contributed by atoms with Gasteiger partial charge in [-0.05, 0) is 0 Å². The molecule has 0 aromatic heterocycles. The first kappa shape index (κ1) is 14.9. The molecule has 0 spiro atoms. The van der Waals surface area contributed by atoms with Crippen LogP contribution < -0.4 is 5.32 Å². The highest BCUT2D eigenvalue weighted by molar-refractivity contribution is 5.70. The molecule has 0 amide bonds. The van der Waals surface area contributed by atoms with E-state index in [1.54, 1.807) is 0 Å². The lowest BCUT2D eigenvalue weighted by atomic mass is 10.0. The summed E-state index contributed by atoms with van der Waals surface area (Å²) in [5, 5.41) is 46.6. The van der Waals surface area contributed by atoms with Crippen LogP contribution in [-0.2, 0) is 9.59 Å². The van der Waals surface area contributed by atoms with Crippen molar-refractivity contribution in [2.45, 2.75) is 24.4 Å². The number of carbonyl (C=O) groups is 2. The Morgan fingerprint density at radius 2 is 1.81 bits per heavy atom. The highest BCUT2D eigenvalue weighted by Crippen LogP contribution is 2.03. The van der Waals surface area contributed by atoms with E-state index >= 15 is 0 Å². The fourth-order valence-electron chi connectivity index (χ4n) is 1.00. The summed E-state index contributed by atoms with van der Waals surface area (Å²) in [5.41, 5.74) is 0. The molecule has 8 heteroatoms. The second-order valence-electron chi connectivity index (χ2n) is 3.17. The quantitative estimate of drug-likeness (QED) is 0.236. The van der Waals surface area contributed by atoms with Gasteiger partial charge in [-0.1, -0.05) is 0 Å². The van der Waals surface area contributed by atoms with E-state index in [1.807, 2.05) is 0 Å². The highest BCUT2D eigenvalue weighted by atomic mass is 16.4. The normalized spacial score (nSPS) is 18.5. The number of aliphatic hydroxyl groups excluding tert-OH is 4. The molecule has 94 valence electrons. The molecule has 4 atom stereocenters. The van der Waals surface area contributed by atoms with Gasteiger partial charge in [-0.25, -0.2) is 0 Å². The van der Waals surface area contributed by atoms with Gasteiger partial charge >= 0.3 is 5.97 Å². The Kier molecular flexibility index (Phi) is 6.77. The minimum atomic E-state index is -1.75. The number of carboxylic acid groups (broad SMARTS) is 1.